The Kier molecular flexibility index (Phi) is 3.91. The molecule has 5 rings (SSSR count). The second-order valence-electron chi connectivity index (χ2n) is 6.85. The van der Waals surface area contributed by atoms with Gasteiger partial charge >= 0.3 is 0 Å². The van der Waals surface area contributed by atoms with Crippen LogP contribution < -0.4 is 0 Å². The summed E-state index contributed by atoms with van der Waals surface area (Å²) < 4.78 is 0. The van der Waals surface area contributed by atoms with Gasteiger partial charge in [-0.2, -0.15) is 0 Å². The molecule has 0 atom stereocenters. The average molecular weight is 345 g/mol. The molecular formula is C26H19N. The summed E-state index contributed by atoms with van der Waals surface area (Å²) in [5, 5.41) is 2.39. The molecule has 0 unspecified atom stereocenters. The summed E-state index contributed by atoms with van der Waals surface area (Å²) in [7, 11) is 0. The number of aromatic nitrogens is 1. The van der Waals surface area contributed by atoms with Crippen LogP contribution in [0.4, 0.5) is 0 Å². The van der Waals surface area contributed by atoms with Crippen LogP contribution in [0.5, 0.6) is 0 Å². The molecular weight excluding hydrogens is 326 g/mol. The predicted octanol–water partition coefficient (Wildman–Crippen LogP) is 6.57. The number of hydrogen-bond donors (Lipinski definition) is 0. The third kappa shape index (κ3) is 2.88. The van der Waals surface area contributed by atoms with Crippen molar-refractivity contribution in [1.29, 1.82) is 0 Å². The molecule has 1 heterocycles. The fourth-order valence-corrected chi connectivity index (χ4v) is 3.92. The van der Waals surface area contributed by atoms with Crippen molar-refractivity contribution in [3.8, 4) is 0 Å². The topological polar surface area (TPSA) is 12.9 Å². The second kappa shape index (κ2) is 6.69. The molecule has 0 aliphatic heterocycles. The summed E-state index contributed by atoms with van der Waals surface area (Å²) in [5.74, 6) is 0.180. The Bertz CT molecular complexity index is 1170. The molecule has 5 aromatic rings. The van der Waals surface area contributed by atoms with Crippen molar-refractivity contribution in [2.75, 3.05) is 0 Å². The van der Waals surface area contributed by atoms with E-state index in [2.05, 4.69) is 103 Å². The van der Waals surface area contributed by atoms with Crippen LogP contribution in [0.25, 0.3) is 21.8 Å². The van der Waals surface area contributed by atoms with Gasteiger partial charge in [-0.05, 0) is 34.9 Å². The van der Waals surface area contributed by atoms with Crippen molar-refractivity contribution in [3.05, 3.63) is 126 Å². The first-order chi connectivity index (χ1) is 13.4. The molecule has 0 fully saturated rings. The van der Waals surface area contributed by atoms with Crippen molar-refractivity contribution in [2.45, 2.75) is 5.92 Å². The van der Waals surface area contributed by atoms with Crippen LogP contribution in [-0.4, -0.2) is 4.98 Å². The van der Waals surface area contributed by atoms with Crippen LogP contribution in [0, 0.1) is 0 Å². The molecule has 0 amide bonds. The van der Waals surface area contributed by atoms with Crippen LogP contribution in [0.2, 0.25) is 0 Å². The minimum absolute atomic E-state index is 0.180. The van der Waals surface area contributed by atoms with Crippen LogP contribution in [0.15, 0.2) is 109 Å². The molecule has 0 radical (unpaired) electrons. The molecule has 0 saturated heterocycles. The highest BCUT2D eigenvalue weighted by Gasteiger charge is 2.19. The molecule has 27 heavy (non-hydrogen) atoms. The molecule has 0 bridgehead atoms. The van der Waals surface area contributed by atoms with E-state index in [1.807, 2.05) is 6.07 Å². The fraction of sp³-hybridized carbons (Fsp3) is 0.0385. The summed E-state index contributed by atoms with van der Waals surface area (Å²) in [4.78, 5) is 4.91. The fourth-order valence-electron chi connectivity index (χ4n) is 3.92. The van der Waals surface area contributed by atoms with Crippen LogP contribution in [-0.2, 0) is 0 Å². The molecule has 0 aliphatic rings. The van der Waals surface area contributed by atoms with Gasteiger partial charge < -0.3 is 0 Å². The summed E-state index contributed by atoms with van der Waals surface area (Å²) >= 11 is 0. The lowest BCUT2D eigenvalue weighted by molar-refractivity contribution is 0.989. The highest BCUT2D eigenvalue weighted by Crippen LogP contribution is 2.36. The predicted molar refractivity (Wildman–Crippen MR) is 113 cm³/mol. The average Bonchev–Trinajstić information content (AvgIpc) is 2.74. The van der Waals surface area contributed by atoms with E-state index in [9.17, 15) is 0 Å². The summed E-state index contributed by atoms with van der Waals surface area (Å²) in [6, 6.07) is 38.5. The minimum Gasteiger partial charge on any atom is -0.248 e. The van der Waals surface area contributed by atoms with E-state index < -0.39 is 0 Å². The maximum Gasteiger partial charge on any atom is 0.0712 e. The van der Waals surface area contributed by atoms with E-state index in [-0.39, 0.29) is 5.92 Å². The van der Waals surface area contributed by atoms with E-state index in [0.29, 0.717) is 0 Å². The number of hydrogen-bond acceptors (Lipinski definition) is 1. The van der Waals surface area contributed by atoms with Gasteiger partial charge in [0, 0.05) is 16.7 Å². The summed E-state index contributed by atoms with van der Waals surface area (Å²) in [5.41, 5.74) is 5.97. The zero-order chi connectivity index (χ0) is 18.1. The van der Waals surface area contributed by atoms with E-state index in [0.717, 1.165) is 11.0 Å². The van der Waals surface area contributed by atoms with Crippen molar-refractivity contribution in [1.82, 2.24) is 4.98 Å². The van der Waals surface area contributed by atoms with Crippen molar-refractivity contribution < 1.29 is 0 Å². The van der Waals surface area contributed by atoms with E-state index in [4.69, 9.17) is 4.98 Å². The largest absolute Gasteiger partial charge is 0.248 e. The molecule has 1 nitrogen and oxygen atoms in total. The number of benzene rings is 4. The molecule has 1 heteroatoms. The molecule has 0 spiro atoms. The second-order valence-corrected chi connectivity index (χ2v) is 6.85. The maximum absolute atomic E-state index is 4.91. The zero-order valence-corrected chi connectivity index (χ0v) is 14.9. The molecule has 128 valence electrons. The minimum atomic E-state index is 0.180. The van der Waals surface area contributed by atoms with Gasteiger partial charge in [-0.25, -0.2) is 4.98 Å². The van der Waals surface area contributed by atoms with E-state index in [1.54, 1.807) is 0 Å². The van der Waals surface area contributed by atoms with Gasteiger partial charge in [0.05, 0.1) is 11.0 Å². The number of para-hydroxylation sites is 1. The number of rotatable bonds is 3. The SMILES string of the molecule is c1ccc(C(c2ccccc2)c2cccc3nc4ccccc4cc23)cc1. The van der Waals surface area contributed by atoms with Gasteiger partial charge in [-0.3, -0.25) is 0 Å². The molecule has 4 aromatic carbocycles. The monoisotopic (exact) mass is 345 g/mol. The van der Waals surface area contributed by atoms with Gasteiger partial charge in [0.1, 0.15) is 0 Å². The Balaban J connectivity index is 1.81. The normalized spacial score (nSPS) is 11.3. The highest BCUT2D eigenvalue weighted by molar-refractivity contribution is 5.95. The standard InChI is InChI=1S/C26H19N/c1-3-10-19(11-4-1)26(20-12-5-2-6-13-20)22-15-9-17-25-23(22)18-21-14-7-8-16-24(21)27-25/h1-18,26H. The first kappa shape index (κ1) is 15.8. The Labute approximate surface area is 158 Å². The van der Waals surface area contributed by atoms with E-state index >= 15 is 0 Å². The van der Waals surface area contributed by atoms with Gasteiger partial charge in [0.25, 0.3) is 0 Å². The quantitative estimate of drug-likeness (QED) is 0.266. The van der Waals surface area contributed by atoms with Gasteiger partial charge in [0.2, 0.25) is 0 Å². The van der Waals surface area contributed by atoms with Gasteiger partial charge in [-0.1, -0.05) is 91.0 Å². The summed E-state index contributed by atoms with van der Waals surface area (Å²) in [6.07, 6.45) is 0. The first-order valence-corrected chi connectivity index (χ1v) is 9.28. The van der Waals surface area contributed by atoms with Crippen molar-refractivity contribution >= 4 is 21.8 Å². The van der Waals surface area contributed by atoms with Gasteiger partial charge in [0.15, 0.2) is 0 Å². The van der Waals surface area contributed by atoms with E-state index in [1.165, 1.54) is 27.5 Å². The Morgan fingerprint density at radius 1 is 0.519 bits per heavy atom. The lowest BCUT2D eigenvalue weighted by atomic mass is 9.83. The lowest BCUT2D eigenvalue weighted by Gasteiger charge is -2.21. The van der Waals surface area contributed by atoms with Crippen LogP contribution in [0.1, 0.15) is 22.6 Å². The van der Waals surface area contributed by atoms with Crippen LogP contribution >= 0.6 is 0 Å². The smallest absolute Gasteiger partial charge is 0.0712 e. The molecule has 1 aromatic heterocycles. The molecule has 0 saturated carbocycles. The summed E-state index contributed by atoms with van der Waals surface area (Å²) in [6.45, 7) is 0. The molecule has 0 aliphatic carbocycles. The number of fused-ring (bicyclic) bond motifs is 2. The number of nitrogens with zero attached hydrogens (tertiary/aromatic N) is 1. The van der Waals surface area contributed by atoms with Crippen molar-refractivity contribution in [2.24, 2.45) is 0 Å². The van der Waals surface area contributed by atoms with Crippen molar-refractivity contribution in [3.63, 3.8) is 0 Å². The highest BCUT2D eigenvalue weighted by atomic mass is 14.7. The third-order valence-corrected chi connectivity index (χ3v) is 5.17. The maximum atomic E-state index is 4.91. The van der Waals surface area contributed by atoms with Gasteiger partial charge in [-0.15, -0.1) is 0 Å². The Morgan fingerprint density at radius 2 is 1.11 bits per heavy atom. The van der Waals surface area contributed by atoms with Crippen LogP contribution in [0.3, 0.4) is 0 Å². The third-order valence-electron chi connectivity index (χ3n) is 5.17. The Morgan fingerprint density at radius 3 is 1.81 bits per heavy atom. The zero-order valence-electron chi connectivity index (χ0n) is 14.9. The molecule has 0 N–H and O–H groups in total. The Hall–Kier alpha value is -3.45. The number of pyridine rings is 1. The first-order valence-electron chi connectivity index (χ1n) is 9.28. The lowest BCUT2D eigenvalue weighted by Crippen LogP contribution is -2.04.